The van der Waals surface area contributed by atoms with Gasteiger partial charge in [-0.1, -0.05) is 170 Å². The molecule has 0 aliphatic carbocycles. The Hall–Kier alpha value is -8.61. The molecular formula is C57H35N5O. The number of benzene rings is 9. The standard InChI is InChI=1S/C57H35N5O/c1-4-16-36(17-5-1)37-30-32-39(33-31-37)56-58-55(38-18-6-2-7-19-38)59-57(60-56)46-25-15-28-49-51(46)45-35-34-44-43-24-14-29-50(53(43)63-54(44)52(45)61(49)40-20-8-3-9-21-40)62-47-26-12-10-22-41(47)42-23-11-13-27-48(42)62/h1-35H. The highest BCUT2D eigenvalue weighted by Gasteiger charge is 2.25. The van der Waals surface area contributed by atoms with Gasteiger partial charge < -0.3 is 13.6 Å². The SMILES string of the molecule is c1ccc(-c2ccc(-c3nc(-c4ccccc4)nc(-c4cccc5c4c4ccc6c7cccc(-n8c9ccccc9c9ccccc98)c7oc6c4n5-c4ccccc4)n3)cc2)cc1. The molecule has 63 heavy (non-hydrogen) atoms. The summed E-state index contributed by atoms with van der Waals surface area (Å²) in [5, 5.41) is 6.61. The molecule has 6 nitrogen and oxygen atoms in total. The largest absolute Gasteiger partial charge is 0.452 e. The van der Waals surface area contributed by atoms with Gasteiger partial charge in [-0.2, -0.15) is 0 Å². The Morgan fingerprint density at radius 3 is 1.51 bits per heavy atom. The highest BCUT2D eigenvalue weighted by molar-refractivity contribution is 6.24. The molecule has 4 heterocycles. The topological polar surface area (TPSA) is 61.7 Å². The Bertz CT molecular complexity index is 3830. The molecule has 13 rings (SSSR count). The Morgan fingerprint density at radius 2 is 0.810 bits per heavy atom. The van der Waals surface area contributed by atoms with E-state index >= 15 is 0 Å². The maximum atomic E-state index is 7.27. The summed E-state index contributed by atoms with van der Waals surface area (Å²) in [6.07, 6.45) is 0. The average molecular weight is 806 g/mol. The molecule has 0 bridgehead atoms. The quantitative estimate of drug-likeness (QED) is 0.168. The molecule has 0 atom stereocenters. The third-order valence-corrected chi connectivity index (χ3v) is 12.4. The minimum absolute atomic E-state index is 0.599. The summed E-state index contributed by atoms with van der Waals surface area (Å²) in [5.74, 6) is 1.82. The molecule has 0 amide bonds. The van der Waals surface area contributed by atoms with Crippen molar-refractivity contribution in [2.24, 2.45) is 0 Å². The van der Waals surface area contributed by atoms with E-state index in [0.717, 1.165) is 94.0 Å². The number of aromatic nitrogens is 5. The molecule has 13 aromatic rings. The van der Waals surface area contributed by atoms with Gasteiger partial charge in [0.05, 0.1) is 27.8 Å². The molecule has 0 radical (unpaired) electrons. The van der Waals surface area contributed by atoms with Gasteiger partial charge in [0.2, 0.25) is 0 Å². The number of hydrogen-bond acceptors (Lipinski definition) is 4. The van der Waals surface area contributed by atoms with E-state index < -0.39 is 0 Å². The minimum Gasteiger partial charge on any atom is -0.452 e. The Balaban J connectivity index is 1.08. The van der Waals surface area contributed by atoms with E-state index in [1.165, 1.54) is 10.8 Å². The first-order chi connectivity index (χ1) is 31.3. The van der Waals surface area contributed by atoms with Crippen LogP contribution in [0.3, 0.4) is 0 Å². The van der Waals surface area contributed by atoms with Crippen LogP contribution in [0.15, 0.2) is 217 Å². The molecule has 0 aliphatic heterocycles. The zero-order chi connectivity index (χ0) is 41.4. The summed E-state index contributed by atoms with van der Waals surface area (Å²) in [6.45, 7) is 0. The summed E-state index contributed by atoms with van der Waals surface area (Å²) >= 11 is 0. The highest BCUT2D eigenvalue weighted by Crippen LogP contribution is 2.45. The minimum atomic E-state index is 0.599. The van der Waals surface area contributed by atoms with Gasteiger partial charge in [-0.15, -0.1) is 0 Å². The maximum absolute atomic E-state index is 7.27. The lowest BCUT2D eigenvalue weighted by Crippen LogP contribution is -2.00. The van der Waals surface area contributed by atoms with Gasteiger partial charge in [-0.25, -0.2) is 15.0 Å². The molecule has 0 N–H and O–H groups in total. The molecule has 4 aromatic heterocycles. The predicted molar refractivity (Wildman–Crippen MR) is 258 cm³/mol. The molecule has 0 fully saturated rings. The van der Waals surface area contributed by atoms with Gasteiger partial charge in [0, 0.05) is 54.7 Å². The molecule has 0 spiro atoms. The fourth-order valence-corrected chi connectivity index (χ4v) is 9.56. The summed E-state index contributed by atoms with van der Waals surface area (Å²) < 4.78 is 11.9. The van der Waals surface area contributed by atoms with Crippen LogP contribution in [0, 0.1) is 0 Å². The summed E-state index contributed by atoms with van der Waals surface area (Å²) in [5.41, 5.74) is 13.0. The lowest BCUT2D eigenvalue weighted by molar-refractivity contribution is 0.668. The number of rotatable bonds is 6. The van der Waals surface area contributed by atoms with Crippen LogP contribution in [0.1, 0.15) is 0 Å². The number of hydrogen-bond donors (Lipinski definition) is 0. The zero-order valence-corrected chi connectivity index (χ0v) is 33.9. The summed E-state index contributed by atoms with van der Waals surface area (Å²) in [6, 6.07) is 74.2. The molecule has 0 saturated heterocycles. The lowest BCUT2D eigenvalue weighted by Gasteiger charge is -2.11. The number of furan rings is 1. The van der Waals surface area contributed by atoms with E-state index in [0.29, 0.717) is 17.5 Å². The van der Waals surface area contributed by atoms with Crippen LogP contribution in [0.5, 0.6) is 0 Å². The first kappa shape index (κ1) is 35.2. The second-order valence-electron chi connectivity index (χ2n) is 16.0. The van der Waals surface area contributed by atoms with E-state index in [9.17, 15) is 0 Å². The van der Waals surface area contributed by atoms with Gasteiger partial charge in [0.25, 0.3) is 0 Å². The van der Waals surface area contributed by atoms with E-state index in [4.69, 9.17) is 19.4 Å². The monoisotopic (exact) mass is 805 g/mol. The van der Waals surface area contributed by atoms with Crippen LogP contribution in [0.2, 0.25) is 0 Å². The molecule has 0 aliphatic rings. The van der Waals surface area contributed by atoms with Crippen LogP contribution in [-0.4, -0.2) is 24.1 Å². The third-order valence-electron chi connectivity index (χ3n) is 12.4. The van der Waals surface area contributed by atoms with Gasteiger partial charge >= 0.3 is 0 Å². The molecule has 9 aromatic carbocycles. The van der Waals surface area contributed by atoms with Crippen molar-refractivity contribution in [1.82, 2.24) is 24.1 Å². The highest BCUT2D eigenvalue weighted by atomic mass is 16.3. The molecule has 6 heteroatoms. The fourth-order valence-electron chi connectivity index (χ4n) is 9.56. The van der Waals surface area contributed by atoms with Crippen LogP contribution >= 0.6 is 0 Å². The first-order valence-electron chi connectivity index (χ1n) is 21.2. The van der Waals surface area contributed by atoms with Crippen molar-refractivity contribution in [3.8, 4) is 56.7 Å². The molecular weight excluding hydrogens is 771 g/mol. The van der Waals surface area contributed by atoms with Crippen molar-refractivity contribution in [2.45, 2.75) is 0 Å². The van der Waals surface area contributed by atoms with E-state index in [2.05, 4.69) is 197 Å². The van der Waals surface area contributed by atoms with Crippen molar-refractivity contribution in [3.63, 3.8) is 0 Å². The normalized spacial score (nSPS) is 11.8. The van der Waals surface area contributed by atoms with Crippen LogP contribution in [0.4, 0.5) is 0 Å². The van der Waals surface area contributed by atoms with Gasteiger partial charge in [-0.3, -0.25) is 0 Å². The first-order valence-corrected chi connectivity index (χ1v) is 21.2. The van der Waals surface area contributed by atoms with Crippen LogP contribution in [-0.2, 0) is 0 Å². The second kappa shape index (κ2) is 14.0. The zero-order valence-electron chi connectivity index (χ0n) is 33.9. The molecule has 0 saturated carbocycles. The number of fused-ring (bicyclic) bond motifs is 10. The fraction of sp³-hybridized carbons (Fsp3) is 0. The smallest absolute Gasteiger partial charge is 0.164 e. The Morgan fingerprint density at radius 1 is 0.317 bits per heavy atom. The van der Waals surface area contributed by atoms with Crippen molar-refractivity contribution in [2.75, 3.05) is 0 Å². The van der Waals surface area contributed by atoms with E-state index in [1.54, 1.807) is 0 Å². The number of para-hydroxylation sites is 4. The van der Waals surface area contributed by atoms with E-state index in [1.807, 2.05) is 24.3 Å². The van der Waals surface area contributed by atoms with Crippen LogP contribution < -0.4 is 0 Å². The third kappa shape index (κ3) is 5.48. The summed E-state index contributed by atoms with van der Waals surface area (Å²) in [7, 11) is 0. The Labute approximate surface area is 361 Å². The molecule has 294 valence electrons. The van der Waals surface area contributed by atoms with Crippen molar-refractivity contribution in [3.05, 3.63) is 212 Å². The van der Waals surface area contributed by atoms with Crippen LogP contribution in [0.25, 0.3) is 122 Å². The second-order valence-corrected chi connectivity index (χ2v) is 16.0. The predicted octanol–water partition coefficient (Wildman–Crippen LogP) is 14.6. The van der Waals surface area contributed by atoms with Gasteiger partial charge in [0.15, 0.2) is 28.6 Å². The van der Waals surface area contributed by atoms with Crippen molar-refractivity contribution < 1.29 is 4.42 Å². The van der Waals surface area contributed by atoms with Crippen molar-refractivity contribution in [1.29, 1.82) is 0 Å². The number of nitrogens with zero attached hydrogens (tertiary/aromatic N) is 5. The maximum Gasteiger partial charge on any atom is 0.164 e. The summed E-state index contributed by atoms with van der Waals surface area (Å²) in [4.78, 5) is 15.6. The van der Waals surface area contributed by atoms with Crippen molar-refractivity contribution >= 4 is 65.6 Å². The van der Waals surface area contributed by atoms with Gasteiger partial charge in [-0.05, 0) is 53.6 Å². The Kier molecular flexibility index (Phi) is 7.80. The lowest BCUT2D eigenvalue weighted by atomic mass is 10.0. The molecule has 0 unspecified atom stereocenters. The van der Waals surface area contributed by atoms with Gasteiger partial charge in [0.1, 0.15) is 0 Å². The average Bonchev–Trinajstić information content (AvgIpc) is 4.03. The van der Waals surface area contributed by atoms with E-state index in [-0.39, 0.29) is 0 Å².